The SMILES string of the molecule is CNC(=O)CC(NC(=O)c1ccc2ccccc2n1)C(=O)N(C)C(Cc1ccccc1)C(O)CN(CCC(C)C)S(=O)(=O)c1ccccc1. The number of benzene rings is 3. The summed E-state index contributed by atoms with van der Waals surface area (Å²) in [6.45, 7) is 3.85. The molecule has 1 heterocycles. The monoisotopic (exact) mass is 687 g/mol. The summed E-state index contributed by atoms with van der Waals surface area (Å²) >= 11 is 0. The van der Waals surface area contributed by atoms with E-state index in [1.165, 1.54) is 35.4 Å². The summed E-state index contributed by atoms with van der Waals surface area (Å²) in [5.74, 6) is -1.55. The van der Waals surface area contributed by atoms with Gasteiger partial charge in [0.2, 0.25) is 21.8 Å². The lowest BCUT2D eigenvalue weighted by Gasteiger charge is -2.36. The third-order valence-corrected chi connectivity index (χ3v) is 10.3. The van der Waals surface area contributed by atoms with Crippen LogP contribution in [0.3, 0.4) is 0 Å². The number of nitrogens with one attached hydrogen (secondary N) is 2. The molecule has 0 bridgehead atoms. The van der Waals surface area contributed by atoms with Gasteiger partial charge in [-0.25, -0.2) is 13.4 Å². The minimum Gasteiger partial charge on any atom is -0.390 e. The number of hydrogen-bond donors (Lipinski definition) is 3. The quantitative estimate of drug-likeness (QED) is 0.163. The van der Waals surface area contributed by atoms with Crippen LogP contribution in [0.1, 0.15) is 42.7 Å². The van der Waals surface area contributed by atoms with E-state index in [4.69, 9.17) is 0 Å². The fourth-order valence-corrected chi connectivity index (χ4v) is 6.99. The zero-order valence-corrected chi connectivity index (χ0v) is 29.1. The Kier molecular flexibility index (Phi) is 13.0. The highest BCUT2D eigenvalue weighted by Crippen LogP contribution is 2.21. The van der Waals surface area contributed by atoms with E-state index in [-0.39, 0.29) is 42.4 Å². The van der Waals surface area contributed by atoms with Crippen LogP contribution in [0.2, 0.25) is 0 Å². The number of hydrogen-bond acceptors (Lipinski definition) is 7. The number of carbonyl (C=O) groups excluding carboxylic acids is 3. The Balaban J connectivity index is 1.65. The molecule has 0 aliphatic heterocycles. The second-order valence-electron chi connectivity index (χ2n) is 12.4. The molecule has 0 aliphatic carbocycles. The molecule has 4 rings (SSSR count). The number of likely N-dealkylation sites (N-methyl/N-ethyl adjacent to an activating group) is 1. The fourth-order valence-electron chi connectivity index (χ4n) is 5.49. The number of aliphatic hydroxyl groups is 1. The Labute approximate surface area is 288 Å². The number of aliphatic hydroxyl groups excluding tert-OH is 1. The van der Waals surface area contributed by atoms with Crippen LogP contribution in [-0.2, 0) is 26.0 Å². The van der Waals surface area contributed by atoms with Gasteiger partial charge in [-0.1, -0.05) is 86.6 Å². The molecule has 49 heavy (non-hydrogen) atoms. The number of carbonyl (C=O) groups is 3. The van der Waals surface area contributed by atoms with Crippen LogP contribution in [0.25, 0.3) is 10.9 Å². The van der Waals surface area contributed by atoms with Crippen LogP contribution in [0, 0.1) is 5.92 Å². The van der Waals surface area contributed by atoms with E-state index in [1.807, 2.05) is 56.3 Å². The lowest BCUT2D eigenvalue weighted by molar-refractivity contribution is -0.138. The molecule has 0 aliphatic rings. The normalized spacial score (nSPS) is 13.5. The molecule has 0 radical (unpaired) electrons. The number of nitrogens with zero attached hydrogens (tertiary/aromatic N) is 3. The molecular weight excluding hydrogens is 643 g/mol. The Hall–Kier alpha value is -4.65. The first-order valence-electron chi connectivity index (χ1n) is 16.3. The van der Waals surface area contributed by atoms with Crippen molar-refractivity contribution < 1.29 is 27.9 Å². The molecule has 0 saturated heterocycles. The zero-order valence-electron chi connectivity index (χ0n) is 28.3. The number of sulfonamides is 1. The molecule has 3 N–H and O–H groups in total. The van der Waals surface area contributed by atoms with Gasteiger partial charge in [0.05, 0.1) is 29.0 Å². The summed E-state index contributed by atoms with van der Waals surface area (Å²) in [7, 11) is -1.07. The highest BCUT2D eigenvalue weighted by molar-refractivity contribution is 7.89. The maximum absolute atomic E-state index is 14.2. The van der Waals surface area contributed by atoms with Crippen molar-refractivity contribution in [1.82, 2.24) is 24.8 Å². The third-order valence-electron chi connectivity index (χ3n) is 8.41. The van der Waals surface area contributed by atoms with Gasteiger partial charge in [-0.05, 0) is 48.6 Å². The lowest BCUT2D eigenvalue weighted by atomic mass is 9.98. The van der Waals surface area contributed by atoms with Crippen molar-refractivity contribution in [2.75, 3.05) is 27.2 Å². The van der Waals surface area contributed by atoms with E-state index < -0.39 is 45.9 Å². The first-order chi connectivity index (χ1) is 23.4. The average molecular weight is 688 g/mol. The molecule has 0 spiro atoms. The van der Waals surface area contributed by atoms with Crippen LogP contribution in [0.4, 0.5) is 0 Å². The van der Waals surface area contributed by atoms with Crippen LogP contribution >= 0.6 is 0 Å². The summed E-state index contributed by atoms with van der Waals surface area (Å²) in [5.41, 5.74) is 1.47. The van der Waals surface area contributed by atoms with Gasteiger partial charge in [0.15, 0.2) is 0 Å². The largest absolute Gasteiger partial charge is 0.390 e. The van der Waals surface area contributed by atoms with Crippen molar-refractivity contribution in [3.63, 3.8) is 0 Å². The maximum atomic E-state index is 14.2. The highest BCUT2D eigenvalue weighted by atomic mass is 32.2. The first-order valence-corrected chi connectivity index (χ1v) is 17.8. The Morgan fingerprint density at radius 2 is 1.51 bits per heavy atom. The van der Waals surface area contributed by atoms with E-state index in [9.17, 15) is 27.9 Å². The molecule has 260 valence electrons. The molecule has 11 nitrogen and oxygen atoms in total. The number of fused-ring (bicyclic) bond motifs is 1. The van der Waals surface area contributed by atoms with Crippen molar-refractivity contribution in [3.05, 3.63) is 108 Å². The molecule has 0 fully saturated rings. The number of aromatic nitrogens is 1. The Bertz CT molecular complexity index is 1820. The van der Waals surface area contributed by atoms with Gasteiger partial charge in [0.1, 0.15) is 11.7 Å². The minimum absolute atomic E-state index is 0.0730. The molecule has 1 aromatic heterocycles. The Morgan fingerprint density at radius 3 is 2.16 bits per heavy atom. The molecule has 3 atom stereocenters. The summed E-state index contributed by atoms with van der Waals surface area (Å²) < 4.78 is 28.9. The van der Waals surface area contributed by atoms with E-state index in [0.29, 0.717) is 11.9 Å². The molecular formula is C37H45N5O6S. The third kappa shape index (κ3) is 9.94. The van der Waals surface area contributed by atoms with Crippen molar-refractivity contribution in [1.29, 1.82) is 0 Å². The summed E-state index contributed by atoms with van der Waals surface area (Å²) in [5, 5.41) is 17.8. The van der Waals surface area contributed by atoms with Crippen LogP contribution in [0.5, 0.6) is 0 Å². The highest BCUT2D eigenvalue weighted by Gasteiger charge is 2.36. The molecule has 3 aromatic carbocycles. The van der Waals surface area contributed by atoms with Gasteiger partial charge in [0.25, 0.3) is 5.91 Å². The first kappa shape index (κ1) is 37.2. The summed E-state index contributed by atoms with van der Waals surface area (Å²) in [6, 6.07) is 25.6. The van der Waals surface area contributed by atoms with Gasteiger partial charge in [-0.15, -0.1) is 0 Å². The second-order valence-corrected chi connectivity index (χ2v) is 14.4. The maximum Gasteiger partial charge on any atom is 0.270 e. The van der Waals surface area contributed by atoms with E-state index >= 15 is 0 Å². The number of rotatable bonds is 16. The average Bonchev–Trinajstić information content (AvgIpc) is 3.11. The van der Waals surface area contributed by atoms with Gasteiger partial charge in [-0.2, -0.15) is 4.31 Å². The van der Waals surface area contributed by atoms with Crippen LogP contribution in [-0.4, -0.2) is 90.8 Å². The molecule has 12 heteroatoms. The fraction of sp³-hybridized carbons (Fsp3) is 0.351. The van der Waals surface area contributed by atoms with Gasteiger partial charge in [0, 0.05) is 32.6 Å². The van der Waals surface area contributed by atoms with Gasteiger partial charge < -0.3 is 20.6 Å². The number of pyridine rings is 1. The van der Waals surface area contributed by atoms with Crippen LogP contribution in [0.15, 0.2) is 102 Å². The summed E-state index contributed by atoms with van der Waals surface area (Å²) in [6.07, 6.45) is -0.963. The molecule has 3 amide bonds. The van der Waals surface area contributed by atoms with Crippen molar-refractivity contribution in [3.8, 4) is 0 Å². The van der Waals surface area contributed by atoms with E-state index in [2.05, 4.69) is 15.6 Å². The van der Waals surface area contributed by atoms with Crippen molar-refractivity contribution >= 4 is 38.6 Å². The predicted octanol–water partition coefficient (Wildman–Crippen LogP) is 3.64. The Morgan fingerprint density at radius 1 is 0.878 bits per heavy atom. The van der Waals surface area contributed by atoms with E-state index in [0.717, 1.165) is 10.9 Å². The smallest absolute Gasteiger partial charge is 0.270 e. The van der Waals surface area contributed by atoms with Crippen molar-refractivity contribution in [2.45, 2.75) is 56.2 Å². The lowest BCUT2D eigenvalue weighted by Crippen LogP contribution is -2.56. The van der Waals surface area contributed by atoms with Crippen molar-refractivity contribution in [2.24, 2.45) is 5.92 Å². The molecule has 0 saturated carbocycles. The van der Waals surface area contributed by atoms with Gasteiger partial charge in [-0.3, -0.25) is 14.4 Å². The van der Waals surface area contributed by atoms with E-state index in [1.54, 1.807) is 42.5 Å². The van der Waals surface area contributed by atoms with Gasteiger partial charge >= 0.3 is 0 Å². The minimum atomic E-state index is -3.99. The molecule has 3 unspecified atom stereocenters. The molecule has 4 aromatic rings. The second kappa shape index (κ2) is 17.1. The predicted molar refractivity (Wildman–Crippen MR) is 189 cm³/mol. The standard InChI is InChI=1S/C37H45N5O6S/c1-26(2)21-22-42(49(47,48)29-16-9-6-10-17-29)25-34(43)33(23-27-13-7-5-8-14-27)41(4)37(46)32(24-35(44)38-3)40-36(45)31-20-19-28-15-11-12-18-30(28)39-31/h5-20,26,32-34,43H,21-25H2,1-4H3,(H,38,44)(H,40,45). The number of amides is 3. The summed E-state index contributed by atoms with van der Waals surface area (Å²) in [4.78, 5) is 46.0. The number of para-hydroxylation sites is 1. The topological polar surface area (TPSA) is 149 Å². The van der Waals surface area contributed by atoms with Crippen LogP contribution < -0.4 is 10.6 Å². The zero-order chi connectivity index (χ0) is 35.6.